The van der Waals surface area contributed by atoms with Gasteiger partial charge in [0, 0.05) is 26.1 Å². The molecule has 0 saturated heterocycles. The first-order valence-corrected chi connectivity index (χ1v) is 10.6. The fourth-order valence-corrected chi connectivity index (χ4v) is 3.49. The average Bonchev–Trinajstić information content (AvgIpc) is 2.82. The van der Waals surface area contributed by atoms with Crippen LogP contribution < -0.4 is 9.64 Å². The highest BCUT2D eigenvalue weighted by Gasteiger charge is 2.17. The number of amides is 1. The van der Waals surface area contributed by atoms with E-state index in [1.807, 2.05) is 6.07 Å². The summed E-state index contributed by atoms with van der Waals surface area (Å²) >= 11 is 5.79. The van der Waals surface area contributed by atoms with E-state index < -0.39 is 5.82 Å². The second-order valence-corrected chi connectivity index (χ2v) is 7.69. The van der Waals surface area contributed by atoms with Crippen LogP contribution in [0.4, 0.5) is 10.1 Å². The molecule has 3 aromatic rings. The third-order valence-electron chi connectivity index (χ3n) is 5.25. The Labute approximate surface area is 191 Å². The van der Waals surface area contributed by atoms with Gasteiger partial charge < -0.3 is 9.64 Å². The number of anilines is 1. The van der Waals surface area contributed by atoms with Crippen molar-refractivity contribution >= 4 is 29.0 Å². The smallest absolute Gasteiger partial charge is 0.226 e. The quantitative estimate of drug-likeness (QED) is 0.322. The molecular formula is C25H24ClFN2O3. The van der Waals surface area contributed by atoms with Crippen LogP contribution in [0.25, 0.3) is 11.1 Å². The maximum atomic E-state index is 14.7. The van der Waals surface area contributed by atoms with E-state index in [4.69, 9.17) is 16.3 Å². The highest BCUT2D eigenvalue weighted by Crippen LogP contribution is 2.31. The fraction of sp³-hybridized carbons (Fsp3) is 0.240. The van der Waals surface area contributed by atoms with E-state index in [0.717, 1.165) is 5.56 Å². The number of pyridine rings is 1. The molecular weight excluding hydrogens is 431 g/mol. The van der Waals surface area contributed by atoms with E-state index in [1.165, 1.54) is 18.1 Å². The zero-order chi connectivity index (χ0) is 23.3. The zero-order valence-corrected chi connectivity index (χ0v) is 18.9. The lowest BCUT2D eigenvalue weighted by Gasteiger charge is -2.18. The number of rotatable bonds is 8. The molecule has 2 aromatic carbocycles. The SMILES string of the molecule is CCC(=O)N(C)c1ccc(-c2ccc(C(=O)CCc3ccc(Cl)nc3)c(OC)c2)cc1F. The Morgan fingerprint density at radius 3 is 2.44 bits per heavy atom. The number of aromatic nitrogens is 1. The van der Waals surface area contributed by atoms with Crippen LogP contribution in [0.1, 0.15) is 35.7 Å². The number of aryl methyl sites for hydroxylation is 1. The van der Waals surface area contributed by atoms with E-state index in [1.54, 1.807) is 56.6 Å². The number of carbonyl (C=O) groups excluding carboxylic acids is 2. The van der Waals surface area contributed by atoms with E-state index in [0.29, 0.717) is 46.9 Å². The number of methoxy groups -OCH3 is 1. The monoisotopic (exact) mass is 454 g/mol. The molecule has 0 unspecified atom stereocenters. The molecule has 0 atom stereocenters. The van der Waals surface area contributed by atoms with Crippen molar-refractivity contribution in [1.29, 1.82) is 0 Å². The molecule has 166 valence electrons. The molecule has 0 fully saturated rings. The van der Waals surface area contributed by atoms with E-state index in [9.17, 15) is 14.0 Å². The van der Waals surface area contributed by atoms with Crippen LogP contribution in [0.15, 0.2) is 54.7 Å². The number of nitrogens with zero attached hydrogens (tertiary/aromatic N) is 2. The zero-order valence-electron chi connectivity index (χ0n) is 18.2. The molecule has 0 aliphatic rings. The van der Waals surface area contributed by atoms with Gasteiger partial charge in [-0.3, -0.25) is 9.59 Å². The van der Waals surface area contributed by atoms with E-state index in [2.05, 4.69) is 4.98 Å². The summed E-state index contributed by atoms with van der Waals surface area (Å²) in [4.78, 5) is 29.9. The molecule has 7 heteroatoms. The standard InChI is InChI=1S/C25H24ClFN2O3/c1-4-25(31)29(2)21-10-8-17(13-20(21)27)18-7-9-19(23(14-18)32-3)22(30)11-5-16-6-12-24(26)28-15-16/h6-10,12-15H,4-5,11H2,1-3H3. The topological polar surface area (TPSA) is 59.5 Å². The van der Waals surface area contributed by atoms with Crippen LogP contribution in [0.5, 0.6) is 5.75 Å². The van der Waals surface area contributed by atoms with Crippen molar-refractivity contribution < 1.29 is 18.7 Å². The summed E-state index contributed by atoms with van der Waals surface area (Å²) in [6, 6.07) is 13.4. The van der Waals surface area contributed by atoms with Crippen LogP contribution in [0, 0.1) is 5.82 Å². The van der Waals surface area contributed by atoms with Gasteiger partial charge in [0.05, 0.1) is 18.4 Å². The highest BCUT2D eigenvalue weighted by molar-refractivity contribution is 6.29. The second kappa shape index (κ2) is 10.4. The molecule has 0 saturated carbocycles. The van der Waals surface area contributed by atoms with Gasteiger partial charge >= 0.3 is 0 Å². The third kappa shape index (κ3) is 5.32. The maximum absolute atomic E-state index is 14.7. The van der Waals surface area contributed by atoms with Crippen molar-refractivity contribution in [2.45, 2.75) is 26.2 Å². The highest BCUT2D eigenvalue weighted by atomic mass is 35.5. The molecule has 32 heavy (non-hydrogen) atoms. The number of halogens is 2. The first kappa shape index (κ1) is 23.4. The molecule has 5 nitrogen and oxygen atoms in total. The average molecular weight is 455 g/mol. The maximum Gasteiger partial charge on any atom is 0.226 e. The van der Waals surface area contributed by atoms with Crippen LogP contribution in [-0.2, 0) is 11.2 Å². The molecule has 0 spiro atoms. The number of carbonyl (C=O) groups is 2. The lowest BCUT2D eigenvalue weighted by Crippen LogP contribution is -2.25. The number of Topliss-reactive ketones (excluding diaryl/α,β-unsaturated/α-hetero) is 1. The Hall–Kier alpha value is -3.25. The van der Waals surface area contributed by atoms with E-state index >= 15 is 0 Å². The Morgan fingerprint density at radius 2 is 1.81 bits per heavy atom. The summed E-state index contributed by atoms with van der Waals surface area (Å²) in [6.07, 6.45) is 2.77. The number of ether oxygens (including phenoxy) is 1. The summed E-state index contributed by atoms with van der Waals surface area (Å²) in [5.41, 5.74) is 2.92. The number of hydrogen-bond acceptors (Lipinski definition) is 4. The summed E-state index contributed by atoms with van der Waals surface area (Å²) in [5, 5.41) is 0.408. The molecule has 0 radical (unpaired) electrons. The molecule has 3 rings (SSSR count). The Morgan fingerprint density at radius 1 is 1.09 bits per heavy atom. The molecule has 0 N–H and O–H groups in total. The van der Waals surface area contributed by atoms with Crippen molar-refractivity contribution in [3.63, 3.8) is 0 Å². The Bertz CT molecular complexity index is 1130. The predicted octanol–water partition coefficient (Wildman–Crippen LogP) is 5.74. The van der Waals surface area contributed by atoms with Crippen molar-refractivity contribution in [1.82, 2.24) is 4.98 Å². The van der Waals surface area contributed by atoms with Gasteiger partial charge in [0.25, 0.3) is 0 Å². The van der Waals surface area contributed by atoms with Crippen molar-refractivity contribution in [3.05, 3.63) is 76.8 Å². The molecule has 0 bridgehead atoms. The van der Waals surface area contributed by atoms with Gasteiger partial charge in [0.2, 0.25) is 5.91 Å². The van der Waals surface area contributed by atoms with Gasteiger partial charge in [-0.05, 0) is 53.4 Å². The minimum absolute atomic E-state index is 0.0652. The third-order valence-corrected chi connectivity index (χ3v) is 5.47. The van der Waals surface area contributed by atoms with Crippen LogP contribution in [-0.4, -0.2) is 30.8 Å². The van der Waals surface area contributed by atoms with Crippen molar-refractivity contribution in [3.8, 4) is 16.9 Å². The van der Waals surface area contributed by atoms with Crippen LogP contribution in [0.3, 0.4) is 0 Å². The fourth-order valence-electron chi connectivity index (χ4n) is 3.38. The minimum Gasteiger partial charge on any atom is -0.496 e. The first-order valence-electron chi connectivity index (χ1n) is 10.2. The summed E-state index contributed by atoms with van der Waals surface area (Å²) in [5.74, 6) is -0.313. The molecule has 0 aliphatic carbocycles. The number of benzene rings is 2. The molecule has 1 amide bonds. The van der Waals surface area contributed by atoms with Crippen LogP contribution in [0.2, 0.25) is 5.15 Å². The van der Waals surface area contributed by atoms with Gasteiger partial charge in [-0.1, -0.05) is 36.7 Å². The van der Waals surface area contributed by atoms with Gasteiger partial charge in [0.1, 0.15) is 16.7 Å². The lowest BCUT2D eigenvalue weighted by atomic mass is 9.98. The van der Waals surface area contributed by atoms with Gasteiger partial charge in [-0.25, -0.2) is 9.37 Å². The minimum atomic E-state index is -0.498. The summed E-state index contributed by atoms with van der Waals surface area (Å²) in [6.45, 7) is 1.73. The van der Waals surface area contributed by atoms with Gasteiger partial charge in [0.15, 0.2) is 5.78 Å². The van der Waals surface area contributed by atoms with Crippen molar-refractivity contribution in [2.24, 2.45) is 0 Å². The van der Waals surface area contributed by atoms with Gasteiger partial charge in [-0.2, -0.15) is 0 Å². The number of hydrogen-bond donors (Lipinski definition) is 0. The largest absolute Gasteiger partial charge is 0.496 e. The normalized spacial score (nSPS) is 10.7. The molecule has 1 heterocycles. The summed E-state index contributed by atoms with van der Waals surface area (Å²) < 4.78 is 20.1. The number of ketones is 1. The van der Waals surface area contributed by atoms with Crippen molar-refractivity contribution in [2.75, 3.05) is 19.1 Å². The molecule has 1 aromatic heterocycles. The van der Waals surface area contributed by atoms with Crippen LogP contribution >= 0.6 is 11.6 Å². The lowest BCUT2D eigenvalue weighted by molar-refractivity contribution is -0.118. The Kier molecular flexibility index (Phi) is 7.59. The van der Waals surface area contributed by atoms with Gasteiger partial charge in [-0.15, -0.1) is 0 Å². The first-order chi connectivity index (χ1) is 15.3. The molecule has 0 aliphatic heterocycles. The van der Waals surface area contributed by atoms with E-state index in [-0.39, 0.29) is 17.4 Å². The predicted molar refractivity (Wildman–Crippen MR) is 124 cm³/mol. The second-order valence-electron chi connectivity index (χ2n) is 7.30. The summed E-state index contributed by atoms with van der Waals surface area (Å²) in [7, 11) is 3.04. The Balaban J connectivity index is 1.80.